The van der Waals surface area contributed by atoms with E-state index in [9.17, 15) is 4.79 Å². The number of carbonyl (C=O) groups excluding carboxylic acids is 1. The van der Waals surface area contributed by atoms with E-state index in [1.165, 1.54) is 6.42 Å². The number of hydrogen-bond donors (Lipinski definition) is 1. The lowest BCUT2D eigenvalue weighted by Crippen LogP contribution is -2.46. The maximum atomic E-state index is 12.9. The molecule has 1 aromatic carbocycles. The van der Waals surface area contributed by atoms with E-state index in [1.807, 2.05) is 32.0 Å². The molecule has 1 aromatic rings. The molecule has 2 aliphatic heterocycles. The van der Waals surface area contributed by atoms with Crippen LogP contribution in [-0.2, 0) is 14.9 Å². The third kappa shape index (κ3) is 2.46. The number of fused-ring (bicyclic) bond motifs is 2. The Morgan fingerprint density at radius 2 is 2.12 bits per heavy atom. The van der Waals surface area contributed by atoms with Gasteiger partial charge in [-0.1, -0.05) is 12.5 Å². The van der Waals surface area contributed by atoms with E-state index in [4.69, 9.17) is 14.2 Å². The molecule has 0 aromatic heterocycles. The zero-order chi connectivity index (χ0) is 16.8. The second kappa shape index (κ2) is 5.66. The molecule has 0 unspecified atom stereocenters. The van der Waals surface area contributed by atoms with Crippen molar-refractivity contribution in [3.05, 3.63) is 23.8 Å². The average molecular weight is 331 g/mol. The zero-order valence-electron chi connectivity index (χ0n) is 14.4. The molecule has 5 heteroatoms. The highest BCUT2D eigenvalue weighted by Crippen LogP contribution is 2.47. The van der Waals surface area contributed by atoms with Crippen LogP contribution in [0, 0.1) is 5.41 Å². The lowest BCUT2D eigenvalue weighted by molar-refractivity contribution is -0.126. The minimum Gasteiger partial charge on any atom is -0.454 e. The van der Waals surface area contributed by atoms with E-state index < -0.39 is 5.41 Å². The first-order valence-corrected chi connectivity index (χ1v) is 8.81. The van der Waals surface area contributed by atoms with Gasteiger partial charge in [-0.05, 0) is 50.8 Å². The summed E-state index contributed by atoms with van der Waals surface area (Å²) in [5.41, 5.74) is 0.471. The van der Waals surface area contributed by atoms with Crippen LogP contribution in [-0.4, -0.2) is 32.0 Å². The molecule has 2 fully saturated rings. The molecule has 1 saturated carbocycles. The van der Waals surface area contributed by atoms with Gasteiger partial charge < -0.3 is 19.5 Å². The summed E-state index contributed by atoms with van der Waals surface area (Å²) in [4.78, 5) is 12.9. The Kier molecular flexibility index (Phi) is 3.71. The molecule has 1 amide bonds. The molecule has 1 aliphatic carbocycles. The fourth-order valence-electron chi connectivity index (χ4n) is 4.24. The molecule has 24 heavy (non-hydrogen) atoms. The Bertz CT molecular complexity index is 645. The van der Waals surface area contributed by atoms with Crippen LogP contribution in [0.15, 0.2) is 18.2 Å². The van der Waals surface area contributed by atoms with Crippen molar-refractivity contribution >= 4 is 5.91 Å². The van der Waals surface area contributed by atoms with Crippen molar-refractivity contribution in [1.29, 1.82) is 0 Å². The molecule has 4 rings (SSSR count). The molecule has 0 bridgehead atoms. The lowest BCUT2D eigenvalue weighted by Gasteiger charge is -2.31. The highest BCUT2D eigenvalue weighted by atomic mass is 16.7. The molecule has 130 valence electrons. The molecule has 3 aliphatic rings. The van der Waals surface area contributed by atoms with Gasteiger partial charge >= 0.3 is 0 Å². The van der Waals surface area contributed by atoms with Crippen molar-refractivity contribution in [3.8, 4) is 11.5 Å². The fourth-order valence-corrected chi connectivity index (χ4v) is 4.24. The largest absolute Gasteiger partial charge is 0.454 e. The van der Waals surface area contributed by atoms with Crippen molar-refractivity contribution in [2.24, 2.45) is 5.41 Å². The minimum atomic E-state index is -0.620. The zero-order valence-corrected chi connectivity index (χ0v) is 14.4. The first-order chi connectivity index (χ1) is 11.5. The third-order valence-corrected chi connectivity index (χ3v) is 6.01. The Balaban J connectivity index is 1.47. The molecule has 0 radical (unpaired) electrons. The summed E-state index contributed by atoms with van der Waals surface area (Å²) in [5.74, 6) is 1.51. The standard InChI is InChI=1S/C19H25NO4/c1-18(2,13-5-6-14-15(10-13)24-12-23-14)17(21)20-11-19-7-3-4-16(19)22-9-8-19/h5-6,10,16H,3-4,7-9,11-12H2,1-2H3,(H,20,21)/t16-,19-/m0/s1. The van der Waals surface area contributed by atoms with Crippen LogP contribution < -0.4 is 14.8 Å². The first kappa shape index (κ1) is 15.8. The van der Waals surface area contributed by atoms with Gasteiger partial charge in [0.15, 0.2) is 11.5 Å². The molecular weight excluding hydrogens is 306 g/mol. The number of amides is 1. The highest BCUT2D eigenvalue weighted by molar-refractivity contribution is 5.87. The van der Waals surface area contributed by atoms with Crippen LogP contribution in [0.3, 0.4) is 0 Å². The van der Waals surface area contributed by atoms with E-state index in [0.29, 0.717) is 18.4 Å². The van der Waals surface area contributed by atoms with Crippen molar-refractivity contribution in [3.63, 3.8) is 0 Å². The third-order valence-electron chi connectivity index (χ3n) is 6.01. The predicted octanol–water partition coefficient (Wildman–Crippen LogP) is 2.77. The van der Waals surface area contributed by atoms with Gasteiger partial charge in [-0.2, -0.15) is 0 Å². The minimum absolute atomic E-state index is 0.0493. The normalized spacial score (nSPS) is 28.0. The van der Waals surface area contributed by atoms with Gasteiger partial charge in [0.05, 0.1) is 11.5 Å². The Hall–Kier alpha value is -1.75. The van der Waals surface area contributed by atoms with Gasteiger partial charge in [0.2, 0.25) is 12.7 Å². The van der Waals surface area contributed by atoms with E-state index >= 15 is 0 Å². The summed E-state index contributed by atoms with van der Waals surface area (Å²) in [5, 5.41) is 3.20. The SMILES string of the molecule is CC(C)(C(=O)NC[C@@]12CCC[C@@H]1OCC2)c1ccc2c(c1)OCO2. The Labute approximate surface area is 142 Å². The van der Waals surface area contributed by atoms with Crippen molar-refractivity contribution < 1.29 is 19.0 Å². The number of ether oxygens (including phenoxy) is 3. The molecule has 0 spiro atoms. The van der Waals surface area contributed by atoms with Crippen LogP contribution in [0.5, 0.6) is 11.5 Å². The average Bonchev–Trinajstić information content (AvgIpc) is 3.26. The van der Waals surface area contributed by atoms with E-state index in [1.54, 1.807) is 0 Å². The maximum Gasteiger partial charge on any atom is 0.231 e. The lowest BCUT2D eigenvalue weighted by atomic mass is 9.80. The van der Waals surface area contributed by atoms with Crippen LogP contribution in [0.25, 0.3) is 0 Å². The van der Waals surface area contributed by atoms with Crippen LogP contribution in [0.2, 0.25) is 0 Å². The monoisotopic (exact) mass is 331 g/mol. The van der Waals surface area contributed by atoms with Crippen molar-refractivity contribution in [1.82, 2.24) is 5.32 Å². The molecule has 2 atom stereocenters. The van der Waals surface area contributed by atoms with Gasteiger partial charge in [0.25, 0.3) is 0 Å². The quantitative estimate of drug-likeness (QED) is 0.922. The Morgan fingerprint density at radius 1 is 1.29 bits per heavy atom. The van der Waals surface area contributed by atoms with E-state index in [-0.39, 0.29) is 18.1 Å². The Morgan fingerprint density at radius 3 is 3.00 bits per heavy atom. The van der Waals surface area contributed by atoms with E-state index in [2.05, 4.69) is 5.32 Å². The summed E-state index contributed by atoms with van der Waals surface area (Å²) in [6.45, 7) is 5.69. The van der Waals surface area contributed by atoms with Crippen molar-refractivity contribution in [2.75, 3.05) is 19.9 Å². The molecule has 1 saturated heterocycles. The number of carbonyl (C=O) groups is 1. The van der Waals surface area contributed by atoms with Gasteiger partial charge in [0.1, 0.15) is 0 Å². The topological polar surface area (TPSA) is 56.8 Å². The number of nitrogens with one attached hydrogen (secondary N) is 1. The molecule has 1 N–H and O–H groups in total. The van der Waals surface area contributed by atoms with Gasteiger partial charge in [0, 0.05) is 18.6 Å². The van der Waals surface area contributed by atoms with Gasteiger partial charge in [-0.3, -0.25) is 4.79 Å². The molecular formula is C19H25NO4. The summed E-state index contributed by atoms with van der Waals surface area (Å²) in [6, 6.07) is 5.74. The first-order valence-electron chi connectivity index (χ1n) is 8.81. The molecule has 5 nitrogen and oxygen atoms in total. The van der Waals surface area contributed by atoms with Crippen molar-refractivity contribution in [2.45, 2.75) is 51.0 Å². The smallest absolute Gasteiger partial charge is 0.231 e. The van der Waals surface area contributed by atoms with Crippen LogP contribution >= 0.6 is 0 Å². The summed E-state index contributed by atoms with van der Waals surface area (Å²) < 4.78 is 16.6. The number of hydrogen-bond acceptors (Lipinski definition) is 4. The maximum absolute atomic E-state index is 12.9. The summed E-state index contributed by atoms with van der Waals surface area (Å²) >= 11 is 0. The van der Waals surface area contributed by atoms with Crippen LogP contribution in [0.4, 0.5) is 0 Å². The predicted molar refractivity (Wildman–Crippen MR) is 89.2 cm³/mol. The number of rotatable bonds is 4. The summed E-state index contributed by atoms with van der Waals surface area (Å²) in [6.07, 6.45) is 4.87. The van der Waals surface area contributed by atoms with Gasteiger partial charge in [-0.15, -0.1) is 0 Å². The van der Waals surface area contributed by atoms with Gasteiger partial charge in [-0.25, -0.2) is 0 Å². The highest BCUT2D eigenvalue weighted by Gasteiger charge is 2.48. The fraction of sp³-hybridized carbons (Fsp3) is 0.632. The summed E-state index contributed by atoms with van der Waals surface area (Å²) in [7, 11) is 0. The second-order valence-corrected chi connectivity index (χ2v) is 7.74. The second-order valence-electron chi connectivity index (χ2n) is 7.74. The van der Waals surface area contributed by atoms with E-state index in [0.717, 1.165) is 37.2 Å². The van der Waals surface area contributed by atoms with Crippen LogP contribution in [0.1, 0.15) is 45.1 Å². The number of benzene rings is 1. The molecule has 2 heterocycles.